The summed E-state index contributed by atoms with van der Waals surface area (Å²) in [6, 6.07) is 6.15. The van der Waals surface area contributed by atoms with Gasteiger partial charge in [-0.3, -0.25) is 4.79 Å². The van der Waals surface area contributed by atoms with Crippen LogP contribution in [0.3, 0.4) is 0 Å². The quantitative estimate of drug-likeness (QED) is 0.677. The number of carbonyl (C=O) groups excluding carboxylic acids is 2. The molecular formula is C22H27F3N4O3. The van der Waals surface area contributed by atoms with E-state index in [-0.39, 0.29) is 24.2 Å². The van der Waals surface area contributed by atoms with Crippen LogP contribution in [0.25, 0.3) is 5.69 Å². The van der Waals surface area contributed by atoms with E-state index in [0.717, 1.165) is 32.1 Å². The highest BCUT2D eigenvalue weighted by Crippen LogP contribution is 2.34. The largest absolute Gasteiger partial charge is 0.462 e. The number of nitrogens with zero attached hydrogens (tertiary/aromatic N) is 3. The summed E-state index contributed by atoms with van der Waals surface area (Å²) in [7, 11) is 0. The molecule has 1 aliphatic rings. The lowest BCUT2D eigenvalue weighted by Gasteiger charge is -2.34. The summed E-state index contributed by atoms with van der Waals surface area (Å²) in [4.78, 5) is 26.8. The van der Waals surface area contributed by atoms with Crippen molar-refractivity contribution in [2.75, 3.05) is 19.7 Å². The van der Waals surface area contributed by atoms with Crippen LogP contribution in [0.4, 0.5) is 13.2 Å². The number of halogens is 3. The number of benzene rings is 1. The van der Waals surface area contributed by atoms with Gasteiger partial charge in [-0.2, -0.15) is 18.3 Å². The minimum atomic E-state index is -4.82. The van der Waals surface area contributed by atoms with Gasteiger partial charge in [-0.1, -0.05) is 0 Å². The first-order valence-corrected chi connectivity index (χ1v) is 10.6. The van der Waals surface area contributed by atoms with Gasteiger partial charge in [0, 0.05) is 30.7 Å². The second-order valence-corrected chi connectivity index (χ2v) is 7.96. The molecule has 1 saturated heterocycles. The van der Waals surface area contributed by atoms with E-state index < -0.39 is 23.4 Å². The van der Waals surface area contributed by atoms with Crippen LogP contribution >= 0.6 is 0 Å². The second-order valence-electron chi connectivity index (χ2n) is 7.96. The average molecular weight is 452 g/mol. The molecule has 0 radical (unpaired) electrons. The van der Waals surface area contributed by atoms with Gasteiger partial charge in [0.05, 0.1) is 18.5 Å². The van der Waals surface area contributed by atoms with Crippen molar-refractivity contribution in [3.63, 3.8) is 0 Å². The molecule has 7 nitrogen and oxygen atoms in total. The third-order valence-corrected chi connectivity index (χ3v) is 5.50. The molecule has 1 N–H and O–H groups in total. The van der Waals surface area contributed by atoms with E-state index in [1.165, 1.54) is 31.2 Å². The van der Waals surface area contributed by atoms with Crippen molar-refractivity contribution in [1.29, 1.82) is 0 Å². The Labute approximate surface area is 184 Å². The van der Waals surface area contributed by atoms with Gasteiger partial charge in [-0.25, -0.2) is 9.48 Å². The molecule has 0 unspecified atom stereocenters. The molecule has 0 bridgehead atoms. The van der Waals surface area contributed by atoms with Crippen LogP contribution in [0.15, 0.2) is 30.5 Å². The van der Waals surface area contributed by atoms with Crippen molar-refractivity contribution >= 4 is 11.9 Å². The summed E-state index contributed by atoms with van der Waals surface area (Å²) in [6.07, 6.45) is -2.29. The molecule has 32 heavy (non-hydrogen) atoms. The molecule has 2 aromatic rings. The van der Waals surface area contributed by atoms with Crippen molar-refractivity contribution in [3.05, 3.63) is 47.3 Å². The zero-order chi connectivity index (χ0) is 23.5. The van der Waals surface area contributed by atoms with Crippen LogP contribution in [0.2, 0.25) is 0 Å². The Morgan fingerprint density at radius 1 is 1.19 bits per heavy atom. The van der Waals surface area contributed by atoms with Crippen LogP contribution in [-0.4, -0.2) is 58.3 Å². The van der Waals surface area contributed by atoms with Gasteiger partial charge in [-0.05, 0) is 57.9 Å². The summed E-state index contributed by atoms with van der Waals surface area (Å²) in [5.74, 6) is -1.37. The van der Waals surface area contributed by atoms with E-state index in [0.29, 0.717) is 16.3 Å². The number of amides is 1. The molecule has 1 fully saturated rings. The van der Waals surface area contributed by atoms with Crippen molar-refractivity contribution in [2.45, 2.75) is 51.9 Å². The first-order chi connectivity index (χ1) is 15.1. The summed E-state index contributed by atoms with van der Waals surface area (Å²) in [5.41, 5.74) is -1.46. The maximum Gasteiger partial charge on any atom is 0.434 e. The highest BCUT2D eigenvalue weighted by Gasteiger charge is 2.41. The molecule has 1 aliphatic heterocycles. The van der Waals surface area contributed by atoms with Crippen molar-refractivity contribution < 1.29 is 27.5 Å². The van der Waals surface area contributed by atoms with Crippen LogP contribution in [-0.2, 0) is 10.9 Å². The molecule has 174 valence electrons. The Hall–Kier alpha value is -2.88. The summed E-state index contributed by atoms with van der Waals surface area (Å²) < 4.78 is 46.3. The smallest absolute Gasteiger partial charge is 0.434 e. The molecule has 10 heteroatoms. The van der Waals surface area contributed by atoms with Gasteiger partial charge in [0.15, 0.2) is 5.69 Å². The number of ether oxygens (including phenoxy) is 1. The lowest BCUT2D eigenvalue weighted by molar-refractivity contribution is -0.143. The van der Waals surface area contributed by atoms with E-state index >= 15 is 0 Å². The number of carbonyl (C=O) groups is 2. The second kappa shape index (κ2) is 9.72. The van der Waals surface area contributed by atoms with Gasteiger partial charge in [0.1, 0.15) is 5.56 Å². The Bertz CT molecular complexity index is 946. The number of piperidine rings is 1. The molecule has 1 amide bonds. The van der Waals surface area contributed by atoms with Gasteiger partial charge >= 0.3 is 12.1 Å². The Balaban J connectivity index is 1.75. The highest BCUT2D eigenvalue weighted by molar-refractivity contribution is 5.94. The molecule has 2 heterocycles. The predicted octanol–water partition coefficient (Wildman–Crippen LogP) is 3.67. The lowest BCUT2D eigenvalue weighted by atomic mass is 10.0. The summed E-state index contributed by atoms with van der Waals surface area (Å²) in [5, 5.41) is 6.73. The fourth-order valence-electron chi connectivity index (χ4n) is 3.76. The number of nitrogens with one attached hydrogen (secondary N) is 1. The summed E-state index contributed by atoms with van der Waals surface area (Å²) in [6.45, 7) is 7.54. The minimum Gasteiger partial charge on any atom is -0.462 e. The van der Waals surface area contributed by atoms with Crippen molar-refractivity contribution in [2.24, 2.45) is 0 Å². The van der Waals surface area contributed by atoms with E-state index in [1.54, 1.807) is 0 Å². The number of alkyl halides is 3. The molecule has 0 spiro atoms. The van der Waals surface area contributed by atoms with Crippen molar-refractivity contribution in [1.82, 2.24) is 20.0 Å². The maximum atomic E-state index is 13.6. The monoisotopic (exact) mass is 452 g/mol. The first kappa shape index (κ1) is 23.8. The van der Waals surface area contributed by atoms with Crippen LogP contribution in [0.1, 0.15) is 60.0 Å². The van der Waals surface area contributed by atoms with Gasteiger partial charge in [-0.15, -0.1) is 0 Å². The highest BCUT2D eigenvalue weighted by atomic mass is 19.4. The molecule has 1 aromatic heterocycles. The van der Waals surface area contributed by atoms with E-state index in [1.807, 2.05) is 0 Å². The molecule has 3 rings (SSSR count). The third kappa shape index (κ3) is 5.29. The minimum absolute atomic E-state index is 0.0540. The first-order valence-electron chi connectivity index (χ1n) is 10.6. The zero-order valence-electron chi connectivity index (χ0n) is 18.3. The molecule has 0 aliphatic carbocycles. The Morgan fingerprint density at radius 3 is 2.34 bits per heavy atom. The summed E-state index contributed by atoms with van der Waals surface area (Å²) >= 11 is 0. The van der Waals surface area contributed by atoms with Gasteiger partial charge in [0.2, 0.25) is 0 Å². The Kier molecular flexibility index (Phi) is 7.22. The number of likely N-dealkylation sites (tertiary alicyclic amines) is 1. The van der Waals surface area contributed by atoms with E-state index in [2.05, 4.69) is 29.2 Å². The third-order valence-electron chi connectivity index (χ3n) is 5.50. The standard InChI is InChI=1S/C22H27F3N4O3/c1-4-32-21(31)18-13-26-29(19(18)22(23,24)25)17-7-5-15(6-8-17)20(30)27-16-9-11-28(12-10-16)14(2)3/h5-8,13-14,16H,4,9-12H2,1-3H3,(H,27,30). The van der Waals surface area contributed by atoms with Crippen LogP contribution in [0.5, 0.6) is 0 Å². The number of hydrogen-bond donors (Lipinski definition) is 1. The fraction of sp³-hybridized carbons (Fsp3) is 0.500. The lowest BCUT2D eigenvalue weighted by Crippen LogP contribution is -2.46. The normalized spacial score (nSPS) is 15.7. The van der Waals surface area contributed by atoms with E-state index in [4.69, 9.17) is 4.74 Å². The number of aromatic nitrogens is 2. The van der Waals surface area contributed by atoms with Crippen LogP contribution in [0, 0.1) is 0 Å². The van der Waals surface area contributed by atoms with Gasteiger partial charge in [0.25, 0.3) is 5.91 Å². The van der Waals surface area contributed by atoms with Crippen LogP contribution < -0.4 is 5.32 Å². The number of esters is 1. The SMILES string of the molecule is CCOC(=O)c1cnn(-c2ccc(C(=O)NC3CCN(C(C)C)CC3)cc2)c1C(F)(F)F. The molecule has 1 aromatic carbocycles. The molecule has 0 atom stereocenters. The maximum absolute atomic E-state index is 13.6. The van der Waals surface area contributed by atoms with Gasteiger partial charge < -0.3 is 15.0 Å². The predicted molar refractivity (Wildman–Crippen MR) is 112 cm³/mol. The average Bonchev–Trinajstić information content (AvgIpc) is 3.20. The zero-order valence-corrected chi connectivity index (χ0v) is 18.3. The number of rotatable bonds is 6. The molecule has 0 saturated carbocycles. The fourth-order valence-corrected chi connectivity index (χ4v) is 3.76. The van der Waals surface area contributed by atoms with E-state index in [9.17, 15) is 22.8 Å². The topological polar surface area (TPSA) is 76.5 Å². The Morgan fingerprint density at radius 2 is 1.81 bits per heavy atom. The van der Waals surface area contributed by atoms with Crippen molar-refractivity contribution in [3.8, 4) is 5.69 Å². The molecular weight excluding hydrogens is 425 g/mol. The number of hydrogen-bond acceptors (Lipinski definition) is 5.